The summed E-state index contributed by atoms with van der Waals surface area (Å²) in [6.45, 7) is 5.81. The summed E-state index contributed by atoms with van der Waals surface area (Å²) in [5, 5.41) is 5.12. The molecule has 0 bridgehead atoms. The molecule has 1 N–H and O–H groups in total. The lowest BCUT2D eigenvalue weighted by atomic mass is 10.2. The minimum absolute atomic E-state index is 0.204. The first-order chi connectivity index (χ1) is 15.6. The Bertz CT molecular complexity index is 1070. The van der Waals surface area contributed by atoms with Gasteiger partial charge < -0.3 is 15.0 Å². The van der Waals surface area contributed by atoms with Crippen LogP contribution in [0.2, 0.25) is 5.02 Å². The highest BCUT2D eigenvalue weighted by Crippen LogP contribution is 2.25. The van der Waals surface area contributed by atoms with Crippen molar-refractivity contribution in [3.8, 4) is 0 Å². The fraction of sp³-hybridized carbons (Fsp3) is 0.417. The van der Waals surface area contributed by atoms with Crippen LogP contribution in [-0.2, 0) is 11.3 Å². The van der Waals surface area contributed by atoms with Crippen LogP contribution in [0.1, 0.15) is 18.7 Å². The number of halogens is 2. The first kappa shape index (κ1) is 21.4. The molecule has 1 unspecified atom stereocenters. The van der Waals surface area contributed by atoms with Crippen molar-refractivity contribution in [1.82, 2.24) is 14.9 Å². The van der Waals surface area contributed by atoms with Gasteiger partial charge in [-0.25, -0.2) is 14.4 Å². The number of anilines is 2. The Labute approximate surface area is 192 Å². The van der Waals surface area contributed by atoms with E-state index < -0.39 is 0 Å². The van der Waals surface area contributed by atoms with Crippen molar-refractivity contribution in [2.75, 3.05) is 49.5 Å². The number of fused-ring (bicyclic) bond motifs is 1. The van der Waals surface area contributed by atoms with Crippen molar-refractivity contribution in [2.24, 2.45) is 0 Å². The van der Waals surface area contributed by atoms with Crippen LogP contribution in [0.3, 0.4) is 0 Å². The zero-order valence-corrected chi connectivity index (χ0v) is 18.7. The number of piperazine rings is 1. The topological polar surface area (TPSA) is 53.5 Å². The number of nitrogens with zero attached hydrogens (tertiary/aromatic N) is 4. The van der Waals surface area contributed by atoms with Gasteiger partial charge in [0.25, 0.3) is 0 Å². The van der Waals surface area contributed by atoms with Crippen LogP contribution < -0.4 is 10.2 Å². The quantitative estimate of drug-likeness (QED) is 0.597. The summed E-state index contributed by atoms with van der Waals surface area (Å²) in [5.74, 6) is 1.41. The first-order valence-electron chi connectivity index (χ1n) is 11.2. The van der Waals surface area contributed by atoms with E-state index in [4.69, 9.17) is 26.3 Å². The molecular formula is C24H27ClFN5O. The molecule has 0 radical (unpaired) electrons. The van der Waals surface area contributed by atoms with E-state index in [1.165, 1.54) is 12.1 Å². The summed E-state index contributed by atoms with van der Waals surface area (Å²) in [6, 6.07) is 12.5. The van der Waals surface area contributed by atoms with Crippen molar-refractivity contribution in [2.45, 2.75) is 25.5 Å². The van der Waals surface area contributed by atoms with Crippen LogP contribution in [0.25, 0.3) is 10.9 Å². The zero-order chi connectivity index (χ0) is 21.9. The number of aromatic nitrogens is 2. The maximum Gasteiger partial charge on any atom is 0.145 e. The number of rotatable bonds is 6. The second-order valence-corrected chi connectivity index (χ2v) is 8.84. The van der Waals surface area contributed by atoms with Crippen LogP contribution in [0.5, 0.6) is 0 Å². The highest BCUT2D eigenvalue weighted by molar-refractivity contribution is 6.31. The lowest BCUT2D eigenvalue weighted by Gasteiger charge is -2.35. The molecule has 5 rings (SSSR count). The van der Waals surface area contributed by atoms with E-state index in [1.54, 1.807) is 0 Å². The van der Waals surface area contributed by atoms with E-state index in [-0.39, 0.29) is 11.9 Å². The molecule has 3 aromatic rings. The van der Waals surface area contributed by atoms with Crippen LogP contribution in [0.4, 0.5) is 15.9 Å². The number of nitrogens with one attached hydrogen (secondary N) is 1. The minimum Gasteiger partial charge on any atom is -0.376 e. The van der Waals surface area contributed by atoms with Gasteiger partial charge in [-0.05, 0) is 55.3 Å². The van der Waals surface area contributed by atoms with Gasteiger partial charge in [-0.2, -0.15) is 0 Å². The molecule has 2 aliphatic heterocycles. The van der Waals surface area contributed by atoms with Crippen LogP contribution in [0.15, 0.2) is 42.5 Å². The Morgan fingerprint density at radius 2 is 1.88 bits per heavy atom. The van der Waals surface area contributed by atoms with E-state index in [1.807, 2.05) is 30.3 Å². The molecule has 0 aliphatic carbocycles. The molecule has 168 valence electrons. The molecular weight excluding hydrogens is 429 g/mol. The van der Waals surface area contributed by atoms with Gasteiger partial charge in [-0.1, -0.05) is 11.6 Å². The monoisotopic (exact) mass is 455 g/mol. The molecule has 8 heteroatoms. The maximum absolute atomic E-state index is 13.2. The first-order valence-corrected chi connectivity index (χ1v) is 11.6. The van der Waals surface area contributed by atoms with Gasteiger partial charge in [0.1, 0.15) is 17.5 Å². The SMILES string of the molecule is Fc1ccc(N2CCN(Cc3nc(NCC4CCCO4)c4ccc(Cl)cc4n3)CC2)cc1. The van der Waals surface area contributed by atoms with Gasteiger partial charge in [0, 0.05) is 55.4 Å². The molecule has 2 saturated heterocycles. The Kier molecular flexibility index (Phi) is 6.39. The molecule has 2 aliphatic rings. The molecule has 1 atom stereocenters. The van der Waals surface area contributed by atoms with E-state index in [2.05, 4.69) is 15.1 Å². The normalized spacial score (nSPS) is 19.6. The van der Waals surface area contributed by atoms with Gasteiger partial charge in [0.05, 0.1) is 18.2 Å². The zero-order valence-electron chi connectivity index (χ0n) is 17.9. The van der Waals surface area contributed by atoms with E-state index >= 15 is 0 Å². The number of hydrogen-bond acceptors (Lipinski definition) is 6. The summed E-state index contributed by atoms with van der Waals surface area (Å²) in [5.41, 5.74) is 1.91. The van der Waals surface area contributed by atoms with Crippen LogP contribution in [-0.4, -0.2) is 60.3 Å². The molecule has 0 spiro atoms. The second kappa shape index (κ2) is 9.57. The molecule has 1 aromatic heterocycles. The lowest BCUT2D eigenvalue weighted by molar-refractivity contribution is 0.120. The number of benzene rings is 2. The van der Waals surface area contributed by atoms with Gasteiger partial charge in [-0.3, -0.25) is 4.90 Å². The van der Waals surface area contributed by atoms with Crippen molar-refractivity contribution in [3.05, 3.63) is 59.1 Å². The summed E-state index contributed by atoms with van der Waals surface area (Å²) < 4.78 is 19.0. The molecule has 2 fully saturated rings. The van der Waals surface area contributed by atoms with E-state index in [0.717, 1.165) is 80.4 Å². The van der Waals surface area contributed by atoms with Gasteiger partial charge >= 0.3 is 0 Å². The molecule has 32 heavy (non-hydrogen) atoms. The third-order valence-corrected chi connectivity index (χ3v) is 6.39. The Morgan fingerprint density at radius 3 is 2.62 bits per heavy atom. The molecule has 0 amide bonds. The summed E-state index contributed by atoms with van der Waals surface area (Å²) in [7, 11) is 0. The van der Waals surface area contributed by atoms with Crippen molar-refractivity contribution in [3.63, 3.8) is 0 Å². The maximum atomic E-state index is 13.2. The van der Waals surface area contributed by atoms with E-state index in [9.17, 15) is 4.39 Å². The second-order valence-electron chi connectivity index (χ2n) is 8.41. The fourth-order valence-corrected chi connectivity index (χ4v) is 4.55. The Hall–Kier alpha value is -2.48. The number of ether oxygens (including phenoxy) is 1. The molecule has 6 nitrogen and oxygen atoms in total. The predicted molar refractivity (Wildman–Crippen MR) is 126 cm³/mol. The summed E-state index contributed by atoms with van der Waals surface area (Å²) >= 11 is 6.24. The van der Waals surface area contributed by atoms with Crippen molar-refractivity contribution >= 4 is 34.0 Å². The molecule has 0 saturated carbocycles. The average molecular weight is 456 g/mol. The summed E-state index contributed by atoms with van der Waals surface area (Å²) in [6.07, 6.45) is 2.42. The Balaban J connectivity index is 1.28. The van der Waals surface area contributed by atoms with E-state index in [0.29, 0.717) is 11.6 Å². The van der Waals surface area contributed by atoms with Gasteiger partial charge in [-0.15, -0.1) is 0 Å². The largest absolute Gasteiger partial charge is 0.376 e. The highest BCUT2D eigenvalue weighted by atomic mass is 35.5. The van der Waals surface area contributed by atoms with Crippen LogP contribution >= 0.6 is 11.6 Å². The minimum atomic E-state index is -0.204. The van der Waals surface area contributed by atoms with Crippen LogP contribution in [0, 0.1) is 5.82 Å². The van der Waals surface area contributed by atoms with Crippen molar-refractivity contribution < 1.29 is 9.13 Å². The lowest BCUT2D eigenvalue weighted by Crippen LogP contribution is -2.46. The Morgan fingerprint density at radius 1 is 1.06 bits per heavy atom. The summed E-state index contributed by atoms with van der Waals surface area (Å²) in [4.78, 5) is 14.3. The number of hydrogen-bond donors (Lipinski definition) is 1. The standard InChI is InChI=1S/C24H27ClFN5O/c25-17-3-8-21-22(14-17)28-23(29-24(21)27-15-20-2-1-13-32-20)16-30-9-11-31(12-10-30)19-6-4-18(26)5-7-19/h3-8,14,20H,1-2,9-13,15-16H2,(H,27,28,29). The fourth-order valence-electron chi connectivity index (χ4n) is 4.39. The predicted octanol–water partition coefficient (Wildman–Crippen LogP) is 4.34. The highest BCUT2D eigenvalue weighted by Gasteiger charge is 2.20. The molecule has 3 heterocycles. The van der Waals surface area contributed by atoms with Crippen molar-refractivity contribution in [1.29, 1.82) is 0 Å². The third-order valence-electron chi connectivity index (χ3n) is 6.16. The average Bonchev–Trinajstić information content (AvgIpc) is 3.32. The smallest absolute Gasteiger partial charge is 0.145 e. The third kappa shape index (κ3) is 4.95. The van der Waals surface area contributed by atoms with Gasteiger partial charge in [0.2, 0.25) is 0 Å². The molecule has 2 aromatic carbocycles. The van der Waals surface area contributed by atoms with Gasteiger partial charge in [0.15, 0.2) is 0 Å².